The molecule has 2 N–H and O–H groups in total. The summed E-state index contributed by atoms with van der Waals surface area (Å²) in [5, 5.41) is 5.23. The van der Waals surface area contributed by atoms with E-state index in [1.165, 1.54) is 0 Å². The molecule has 0 aliphatic carbocycles. The Labute approximate surface area is 125 Å². The summed E-state index contributed by atoms with van der Waals surface area (Å²) in [4.78, 5) is 23.2. The van der Waals surface area contributed by atoms with E-state index in [4.69, 9.17) is 11.2 Å². The summed E-state index contributed by atoms with van der Waals surface area (Å²) in [5.74, 6) is 2.12. The zero-order chi connectivity index (χ0) is 15.9. The number of hydrogen-bond donors (Lipinski definition) is 2. The minimum absolute atomic E-state index is 0.195. The van der Waals surface area contributed by atoms with Gasteiger partial charge in [-0.2, -0.15) is 0 Å². The monoisotopic (exact) mass is 288 g/mol. The maximum atomic E-state index is 11.6. The Hall–Kier alpha value is -2.48. The second-order valence-corrected chi connectivity index (χ2v) is 5.44. The predicted octanol–water partition coefficient (Wildman–Crippen LogP) is 2.07. The van der Waals surface area contributed by atoms with Crippen LogP contribution in [-0.2, 0) is 11.3 Å². The number of nitrogens with one attached hydrogen (secondary N) is 2. The van der Waals surface area contributed by atoms with Gasteiger partial charge in [-0.15, -0.1) is 6.42 Å². The molecule has 0 heterocycles. The van der Waals surface area contributed by atoms with E-state index in [9.17, 15) is 9.59 Å². The highest BCUT2D eigenvalue weighted by Crippen LogP contribution is 2.08. The van der Waals surface area contributed by atoms with Crippen molar-refractivity contribution in [1.29, 1.82) is 0 Å². The van der Waals surface area contributed by atoms with Crippen LogP contribution >= 0.6 is 0 Å². The average molecular weight is 288 g/mol. The molecule has 0 bridgehead atoms. The van der Waals surface area contributed by atoms with Crippen LogP contribution in [0.4, 0.5) is 4.79 Å². The van der Waals surface area contributed by atoms with Crippen molar-refractivity contribution in [3.8, 4) is 12.3 Å². The van der Waals surface area contributed by atoms with E-state index < -0.39 is 11.7 Å². The number of alkyl carbamates (subject to hydrolysis) is 1. The van der Waals surface area contributed by atoms with E-state index in [1.54, 1.807) is 45.0 Å². The molecule has 112 valence electrons. The Bertz CT molecular complexity index is 536. The molecule has 5 heteroatoms. The number of amides is 2. The SMILES string of the molecule is C#CCNC(=O)c1ccc(CNC(=O)OC(C)(C)C)cc1. The van der Waals surface area contributed by atoms with Gasteiger partial charge < -0.3 is 15.4 Å². The van der Waals surface area contributed by atoms with Crippen LogP contribution in [0, 0.1) is 12.3 Å². The summed E-state index contributed by atoms with van der Waals surface area (Å²) < 4.78 is 5.13. The van der Waals surface area contributed by atoms with Crippen molar-refractivity contribution in [3.05, 3.63) is 35.4 Å². The van der Waals surface area contributed by atoms with Gasteiger partial charge in [-0.3, -0.25) is 4.79 Å². The van der Waals surface area contributed by atoms with Gasteiger partial charge in [0.1, 0.15) is 5.60 Å². The first-order valence-corrected chi connectivity index (χ1v) is 6.59. The van der Waals surface area contributed by atoms with Crippen molar-refractivity contribution >= 4 is 12.0 Å². The summed E-state index contributed by atoms with van der Waals surface area (Å²) in [5.41, 5.74) is 0.865. The lowest BCUT2D eigenvalue weighted by molar-refractivity contribution is 0.0523. The van der Waals surface area contributed by atoms with Gasteiger partial charge in [-0.25, -0.2) is 4.79 Å². The third-order valence-electron chi connectivity index (χ3n) is 2.40. The van der Waals surface area contributed by atoms with Crippen LogP contribution in [0.1, 0.15) is 36.7 Å². The molecule has 0 radical (unpaired) electrons. The lowest BCUT2D eigenvalue weighted by Crippen LogP contribution is -2.32. The highest BCUT2D eigenvalue weighted by atomic mass is 16.6. The van der Waals surface area contributed by atoms with Crippen molar-refractivity contribution in [3.63, 3.8) is 0 Å². The van der Waals surface area contributed by atoms with Crippen molar-refractivity contribution in [2.75, 3.05) is 6.54 Å². The number of benzene rings is 1. The molecule has 0 unspecified atom stereocenters. The number of carbonyl (C=O) groups excluding carboxylic acids is 2. The summed E-state index contributed by atoms with van der Waals surface area (Å²) >= 11 is 0. The van der Waals surface area contributed by atoms with Gasteiger partial charge in [0, 0.05) is 12.1 Å². The summed E-state index contributed by atoms with van der Waals surface area (Å²) in [6.45, 7) is 5.94. The topological polar surface area (TPSA) is 67.4 Å². The van der Waals surface area contributed by atoms with Gasteiger partial charge in [-0.05, 0) is 38.5 Å². The average Bonchev–Trinajstić information content (AvgIpc) is 2.41. The smallest absolute Gasteiger partial charge is 0.407 e. The van der Waals surface area contributed by atoms with Crippen molar-refractivity contribution in [2.24, 2.45) is 0 Å². The van der Waals surface area contributed by atoms with E-state index in [0.29, 0.717) is 12.1 Å². The molecule has 0 atom stereocenters. The summed E-state index contributed by atoms with van der Waals surface area (Å²) in [6, 6.07) is 6.89. The van der Waals surface area contributed by atoms with Gasteiger partial charge in [0.2, 0.25) is 0 Å². The lowest BCUT2D eigenvalue weighted by Gasteiger charge is -2.19. The van der Waals surface area contributed by atoms with E-state index in [1.807, 2.05) is 0 Å². The molecule has 1 rings (SSSR count). The van der Waals surface area contributed by atoms with Crippen LogP contribution in [0.2, 0.25) is 0 Å². The van der Waals surface area contributed by atoms with Crippen LogP contribution in [0.25, 0.3) is 0 Å². The number of carbonyl (C=O) groups is 2. The fourth-order valence-corrected chi connectivity index (χ4v) is 1.50. The first kappa shape index (κ1) is 16.6. The van der Waals surface area contributed by atoms with Crippen molar-refractivity contribution in [2.45, 2.75) is 32.9 Å². The summed E-state index contributed by atoms with van der Waals surface area (Å²) in [7, 11) is 0. The number of rotatable bonds is 4. The maximum Gasteiger partial charge on any atom is 0.407 e. The first-order valence-electron chi connectivity index (χ1n) is 6.59. The van der Waals surface area contributed by atoms with Crippen LogP contribution in [-0.4, -0.2) is 24.1 Å². The number of ether oxygens (including phenoxy) is 1. The Kier molecular flexibility index (Phi) is 5.79. The quantitative estimate of drug-likeness (QED) is 0.834. The van der Waals surface area contributed by atoms with E-state index >= 15 is 0 Å². The van der Waals surface area contributed by atoms with Gasteiger partial charge >= 0.3 is 6.09 Å². The fourth-order valence-electron chi connectivity index (χ4n) is 1.50. The van der Waals surface area contributed by atoms with E-state index in [-0.39, 0.29) is 12.5 Å². The third kappa shape index (κ3) is 6.48. The van der Waals surface area contributed by atoms with Gasteiger partial charge in [-0.1, -0.05) is 18.1 Å². The molecule has 0 aromatic heterocycles. The molecule has 5 nitrogen and oxygen atoms in total. The van der Waals surface area contributed by atoms with Gasteiger partial charge in [0.25, 0.3) is 5.91 Å². The predicted molar refractivity (Wildman–Crippen MR) is 80.7 cm³/mol. The Balaban J connectivity index is 2.50. The maximum absolute atomic E-state index is 11.6. The number of terminal acetylenes is 1. The van der Waals surface area contributed by atoms with Crippen molar-refractivity contribution < 1.29 is 14.3 Å². The minimum atomic E-state index is -0.525. The van der Waals surface area contributed by atoms with Crippen molar-refractivity contribution in [1.82, 2.24) is 10.6 Å². The molecule has 0 aliphatic rings. The second kappa shape index (κ2) is 7.34. The highest BCUT2D eigenvalue weighted by molar-refractivity contribution is 5.94. The standard InChI is InChI=1S/C16H20N2O3/c1-5-10-17-14(19)13-8-6-12(7-9-13)11-18-15(20)21-16(2,3)4/h1,6-9H,10-11H2,2-4H3,(H,17,19)(H,18,20). The molecular formula is C16H20N2O3. The molecular weight excluding hydrogens is 268 g/mol. The Morgan fingerprint density at radius 2 is 1.81 bits per heavy atom. The zero-order valence-corrected chi connectivity index (χ0v) is 12.5. The molecule has 1 aromatic carbocycles. The van der Waals surface area contributed by atoms with Crippen LogP contribution < -0.4 is 10.6 Å². The third-order valence-corrected chi connectivity index (χ3v) is 2.40. The van der Waals surface area contributed by atoms with Gasteiger partial charge in [0.15, 0.2) is 0 Å². The molecule has 2 amide bonds. The normalized spacial score (nSPS) is 10.4. The molecule has 0 saturated carbocycles. The molecule has 0 saturated heterocycles. The molecule has 1 aromatic rings. The fraction of sp³-hybridized carbons (Fsp3) is 0.375. The number of hydrogen-bond acceptors (Lipinski definition) is 3. The second-order valence-electron chi connectivity index (χ2n) is 5.44. The van der Waals surface area contributed by atoms with Gasteiger partial charge in [0.05, 0.1) is 6.54 Å². The Morgan fingerprint density at radius 1 is 1.19 bits per heavy atom. The van der Waals surface area contributed by atoms with E-state index in [0.717, 1.165) is 5.56 Å². The Morgan fingerprint density at radius 3 is 2.33 bits per heavy atom. The first-order chi connectivity index (χ1) is 9.81. The van der Waals surface area contributed by atoms with E-state index in [2.05, 4.69) is 16.6 Å². The minimum Gasteiger partial charge on any atom is -0.444 e. The molecule has 21 heavy (non-hydrogen) atoms. The largest absolute Gasteiger partial charge is 0.444 e. The highest BCUT2D eigenvalue weighted by Gasteiger charge is 2.15. The lowest BCUT2D eigenvalue weighted by atomic mass is 10.1. The summed E-state index contributed by atoms with van der Waals surface area (Å²) in [6.07, 6.45) is 4.60. The molecule has 0 aliphatic heterocycles. The molecule has 0 spiro atoms. The van der Waals surface area contributed by atoms with Crippen LogP contribution in [0.15, 0.2) is 24.3 Å². The van der Waals surface area contributed by atoms with Crippen LogP contribution in [0.5, 0.6) is 0 Å². The van der Waals surface area contributed by atoms with Crippen LogP contribution in [0.3, 0.4) is 0 Å². The molecule has 0 fully saturated rings. The zero-order valence-electron chi connectivity index (χ0n) is 12.5.